The maximum Gasteiger partial charge on any atom is 0.407 e. The van der Waals surface area contributed by atoms with E-state index in [9.17, 15) is 4.79 Å². The first-order valence-corrected chi connectivity index (χ1v) is 10.8. The molecule has 1 saturated carbocycles. The maximum atomic E-state index is 11.6. The van der Waals surface area contributed by atoms with E-state index in [1.54, 1.807) is 0 Å². The van der Waals surface area contributed by atoms with Crippen molar-refractivity contribution in [2.24, 2.45) is 11.7 Å². The van der Waals surface area contributed by atoms with Gasteiger partial charge in [0.05, 0.1) is 12.4 Å². The van der Waals surface area contributed by atoms with Crippen LogP contribution in [0.1, 0.15) is 25.7 Å². The first-order valence-electron chi connectivity index (χ1n) is 7.05. The second-order valence-corrected chi connectivity index (χ2v) is 12.2. The van der Waals surface area contributed by atoms with Gasteiger partial charge >= 0.3 is 6.09 Å². The summed E-state index contributed by atoms with van der Waals surface area (Å²) in [7, 11) is -1.14. The molecule has 0 bridgehead atoms. The minimum atomic E-state index is -1.14. The number of nitrogens with one attached hydrogen (secondary N) is 2. The summed E-state index contributed by atoms with van der Waals surface area (Å²) in [5.74, 6) is 0.470. The predicted molar refractivity (Wildman–Crippen MR) is 80.3 cm³/mol. The van der Waals surface area contributed by atoms with Crippen LogP contribution >= 0.6 is 0 Å². The molecular formula is C13H27N3O2Si. The van der Waals surface area contributed by atoms with Gasteiger partial charge in [-0.15, -0.1) is 0 Å². The smallest absolute Gasteiger partial charge is 0.407 e. The van der Waals surface area contributed by atoms with E-state index in [1.165, 1.54) is 0 Å². The Hall–Kier alpha value is -1.04. The number of amidine groups is 1. The van der Waals surface area contributed by atoms with Gasteiger partial charge in [0.15, 0.2) is 0 Å². The van der Waals surface area contributed by atoms with Gasteiger partial charge in [-0.2, -0.15) is 0 Å². The molecule has 0 saturated heterocycles. The van der Waals surface area contributed by atoms with E-state index in [4.69, 9.17) is 15.9 Å². The van der Waals surface area contributed by atoms with Crippen LogP contribution in [0.4, 0.5) is 4.79 Å². The molecule has 6 heteroatoms. The Kier molecular flexibility index (Phi) is 5.84. The van der Waals surface area contributed by atoms with Crippen LogP contribution in [-0.2, 0) is 4.74 Å². The highest BCUT2D eigenvalue weighted by Crippen LogP contribution is 2.24. The summed E-state index contributed by atoms with van der Waals surface area (Å²) >= 11 is 0. The van der Waals surface area contributed by atoms with Gasteiger partial charge in [-0.05, 0) is 31.7 Å². The Morgan fingerprint density at radius 3 is 2.37 bits per heavy atom. The quantitative estimate of drug-likeness (QED) is 0.412. The fraction of sp³-hybridized carbons (Fsp3) is 0.846. The topological polar surface area (TPSA) is 88.2 Å². The van der Waals surface area contributed by atoms with Crippen molar-refractivity contribution in [2.45, 2.75) is 57.4 Å². The average molecular weight is 285 g/mol. The normalized spacial score (nSPS) is 23.7. The van der Waals surface area contributed by atoms with Crippen LogP contribution < -0.4 is 11.1 Å². The van der Waals surface area contributed by atoms with E-state index in [1.807, 2.05) is 0 Å². The van der Waals surface area contributed by atoms with E-state index in [2.05, 4.69) is 25.0 Å². The highest BCUT2D eigenvalue weighted by Gasteiger charge is 2.24. The third-order valence-electron chi connectivity index (χ3n) is 3.57. The van der Waals surface area contributed by atoms with E-state index in [0.29, 0.717) is 6.61 Å². The van der Waals surface area contributed by atoms with Crippen molar-refractivity contribution in [1.29, 1.82) is 5.41 Å². The van der Waals surface area contributed by atoms with Crippen molar-refractivity contribution >= 4 is 20.0 Å². The third kappa shape index (κ3) is 6.61. The molecule has 1 fully saturated rings. The van der Waals surface area contributed by atoms with Gasteiger partial charge in [0.2, 0.25) is 0 Å². The van der Waals surface area contributed by atoms with Crippen LogP contribution in [0.3, 0.4) is 0 Å². The van der Waals surface area contributed by atoms with Gasteiger partial charge in [-0.3, -0.25) is 5.41 Å². The molecular weight excluding hydrogens is 258 g/mol. The molecule has 5 nitrogen and oxygen atoms in total. The highest BCUT2D eigenvalue weighted by molar-refractivity contribution is 6.76. The first-order chi connectivity index (χ1) is 8.78. The zero-order chi connectivity index (χ0) is 14.5. The number of carbonyl (C=O) groups is 1. The van der Waals surface area contributed by atoms with Crippen LogP contribution in [0.25, 0.3) is 0 Å². The summed E-state index contributed by atoms with van der Waals surface area (Å²) in [5, 5.41) is 10.3. The van der Waals surface area contributed by atoms with Crippen molar-refractivity contribution in [3.05, 3.63) is 0 Å². The summed E-state index contributed by atoms with van der Waals surface area (Å²) in [6.07, 6.45) is 3.23. The highest BCUT2D eigenvalue weighted by atomic mass is 28.3. The zero-order valence-corrected chi connectivity index (χ0v) is 13.3. The lowest BCUT2D eigenvalue weighted by Crippen LogP contribution is -2.40. The molecule has 1 aliphatic rings. The number of ether oxygens (including phenoxy) is 1. The van der Waals surface area contributed by atoms with Crippen LogP contribution in [0, 0.1) is 11.3 Å². The Morgan fingerprint density at radius 1 is 1.32 bits per heavy atom. The van der Waals surface area contributed by atoms with Crippen molar-refractivity contribution in [3.63, 3.8) is 0 Å². The SMILES string of the molecule is C[Si](C)(C)CCOC(=O)NC1CCC(C(=N)N)CC1. The molecule has 0 aliphatic heterocycles. The van der Waals surface area contributed by atoms with Crippen molar-refractivity contribution in [1.82, 2.24) is 5.32 Å². The monoisotopic (exact) mass is 285 g/mol. The lowest BCUT2D eigenvalue weighted by molar-refractivity contribution is 0.144. The maximum absolute atomic E-state index is 11.6. The first kappa shape index (κ1) is 16.0. The van der Waals surface area contributed by atoms with E-state index in [0.717, 1.165) is 31.7 Å². The molecule has 0 radical (unpaired) electrons. The average Bonchev–Trinajstić information content (AvgIpc) is 2.27. The fourth-order valence-corrected chi connectivity index (χ4v) is 2.92. The molecule has 1 rings (SSSR count). The predicted octanol–water partition coefficient (Wildman–Crippen LogP) is 2.55. The Morgan fingerprint density at radius 2 is 1.89 bits per heavy atom. The minimum absolute atomic E-state index is 0.176. The summed E-state index contributed by atoms with van der Waals surface area (Å²) in [5.41, 5.74) is 5.50. The number of hydrogen-bond acceptors (Lipinski definition) is 3. The summed E-state index contributed by atoms with van der Waals surface area (Å²) in [6.45, 7) is 7.30. The van der Waals surface area contributed by atoms with Crippen LogP contribution in [0.15, 0.2) is 0 Å². The number of amides is 1. The molecule has 19 heavy (non-hydrogen) atoms. The molecule has 0 aromatic carbocycles. The summed E-state index contributed by atoms with van der Waals surface area (Å²) in [4.78, 5) is 11.6. The molecule has 0 atom stereocenters. The lowest BCUT2D eigenvalue weighted by atomic mass is 9.85. The van der Waals surface area contributed by atoms with Gasteiger partial charge in [0.25, 0.3) is 0 Å². The number of hydrogen-bond donors (Lipinski definition) is 3. The molecule has 1 amide bonds. The van der Waals surface area contributed by atoms with Gasteiger partial charge < -0.3 is 15.8 Å². The van der Waals surface area contributed by atoms with E-state index in [-0.39, 0.29) is 23.9 Å². The van der Waals surface area contributed by atoms with Crippen LogP contribution in [0.2, 0.25) is 25.7 Å². The summed E-state index contributed by atoms with van der Waals surface area (Å²) < 4.78 is 5.21. The number of nitrogens with two attached hydrogens (primary N) is 1. The Bertz CT molecular complexity index is 320. The molecule has 0 spiro atoms. The van der Waals surface area contributed by atoms with E-state index < -0.39 is 8.07 Å². The number of alkyl carbamates (subject to hydrolysis) is 1. The Labute approximate surface area is 116 Å². The van der Waals surface area contributed by atoms with Crippen molar-refractivity contribution in [2.75, 3.05) is 6.61 Å². The van der Waals surface area contributed by atoms with Gasteiger partial charge in [0.1, 0.15) is 0 Å². The van der Waals surface area contributed by atoms with Crippen LogP contribution in [0.5, 0.6) is 0 Å². The molecule has 0 unspecified atom stereocenters. The second kappa shape index (κ2) is 6.93. The summed E-state index contributed by atoms with van der Waals surface area (Å²) in [6, 6.07) is 1.17. The standard InChI is InChI=1S/C13H27N3O2Si/c1-19(2,3)9-8-18-13(17)16-11-6-4-10(5-7-11)12(14)15/h10-11H,4-9H2,1-3H3,(H3,14,15)(H,16,17). The fourth-order valence-electron chi connectivity index (χ4n) is 2.21. The van der Waals surface area contributed by atoms with Gasteiger partial charge in [-0.1, -0.05) is 19.6 Å². The molecule has 0 aromatic rings. The zero-order valence-electron chi connectivity index (χ0n) is 12.3. The molecule has 4 N–H and O–H groups in total. The molecule has 110 valence electrons. The molecule has 1 aliphatic carbocycles. The van der Waals surface area contributed by atoms with E-state index >= 15 is 0 Å². The number of rotatable bonds is 5. The third-order valence-corrected chi connectivity index (χ3v) is 5.28. The van der Waals surface area contributed by atoms with Crippen LogP contribution in [-0.4, -0.2) is 32.7 Å². The molecule has 0 aromatic heterocycles. The lowest BCUT2D eigenvalue weighted by Gasteiger charge is -2.28. The van der Waals surface area contributed by atoms with Crippen molar-refractivity contribution < 1.29 is 9.53 Å². The Balaban J connectivity index is 2.18. The van der Waals surface area contributed by atoms with Gasteiger partial charge in [-0.25, -0.2) is 4.79 Å². The van der Waals surface area contributed by atoms with Gasteiger partial charge in [0, 0.05) is 20.0 Å². The number of carbonyl (C=O) groups excluding carboxylic acids is 1. The minimum Gasteiger partial charge on any atom is -0.450 e. The van der Waals surface area contributed by atoms with Crippen molar-refractivity contribution in [3.8, 4) is 0 Å². The largest absolute Gasteiger partial charge is 0.450 e. The molecule has 0 heterocycles. The second-order valence-electron chi connectivity index (χ2n) is 6.59.